The maximum absolute atomic E-state index is 11.0. The number of hydrogen-bond donors (Lipinski definition) is 3. The van der Waals surface area contributed by atoms with Gasteiger partial charge in [-0.3, -0.25) is 4.79 Å². The molecule has 0 aliphatic heterocycles. The molecule has 3 aromatic rings. The molecule has 1 aromatic carbocycles. The number of phenols is 1. The predicted octanol–water partition coefficient (Wildman–Crippen LogP) is 2.21. The molecule has 0 fully saturated rings. The van der Waals surface area contributed by atoms with Crippen molar-refractivity contribution in [3.05, 3.63) is 46.0 Å². The van der Waals surface area contributed by atoms with Gasteiger partial charge in [-0.1, -0.05) is 0 Å². The molecule has 3 rings (SSSR count). The molecule has 20 heavy (non-hydrogen) atoms. The van der Waals surface area contributed by atoms with E-state index in [1.807, 2.05) is 17.6 Å². The number of aromatic hydroxyl groups is 1. The van der Waals surface area contributed by atoms with Crippen molar-refractivity contribution in [2.45, 2.75) is 12.8 Å². The van der Waals surface area contributed by atoms with Crippen LogP contribution in [0, 0.1) is 0 Å². The maximum Gasteiger partial charge on any atom is 0.277 e. The summed E-state index contributed by atoms with van der Waals surface area (Å²) >= 11 is 1.27. The van der Waals surface area contributed by atoms with Crippen molar-refractivity contribution in [3.63, 3.8) is 0 Å². The summed E-state index contributed by atoms with van der Waals surface area (Å²) in [6.07, 6.45) is 3.45. The molecule has 0 bridgehead atoms. The highest BCUT2D eigenvalue weighted by atomic mass is 32.1. The Balaban J connectivity index is 1.79. The van der Waals surface area contributed by atoms with Crippen LogP contribution in [0.5, 0.6) is 5.75 Å². The Morgan fingerprint density at radius 1 is 1.40 bits per heavy atom. The monoisotopic (exact) mass is 287 g/mol. The largest absolute Gasteiger partial charge is 0.508 e. The van der Waals surface area contributed by atoms with E-state index in [9.17, 15) is 9.90 Å². The molecule has 0 saturated carbocycles. The van der Waals surface area contributed by atoms with Gasteiger partial charge in [-0.05, 0) is 36.6 Å². The van der Waals surface area contributed by atoms with E-state index in [1.165, 1.54) is 11.3 Å². The summed E-state index contributed by atoms with van der Waals surface area (Å²) in [5.74, 6) is -0.235. The van der Waals surface area contributed by atoms with Gasteiger partial charge in [-0.25, -0.2) is 4.98 Å². The fraction of sp³-hybridized carbons (Fsp3) is 0.143. The van der Waals surface area contributed by atoms with Gasteiger partial charge in [-0.15, -0.1) is 11.3 Å². The quantitative estimate of drug-likeness (QED) is 0.687. The number of amides is 1. The van der Waals surface area contributed by atoms with E-state index in [0.717, 1.165) is 35.0 Å². The van der Waals surface area contributed by atoms with Crippen molar-refractivity contribution in [3.8, 4) is 5.75 Å². The van der Waals surface area contributed by atoms with Crippen molar-refractivity contribution < 1.29 is 9.90 Å². The Morgan fingerprint density at radius 3 is 3.00 bits per heavy atom. The molecule has 6 heteroatoms. The van der Waals surface area contributed by atoms with Crippen LogP contribution in [0.1, 0.15) is 21.1 Å². The third-order valence-electron chi connectivity index (χ3n) is 3.16. The second-order valence-electron chi connectivity index (χ2n) is 4.55. The van der Waals surface area contributed by atoms with Crippen LogP contribution in [0.4, 0.5) is 0 Å². The Hall–Kier alpha value is -2.34. The van der Waals surface area contributed by atoms with Crippen LogP contribution in [0.2, 0.25) is 0 Å². The van der Waals surface area contributed by atoms with Crippen molar-refractivity contribution in [2.24, 2.45) is 5.73 Å². The lowest BCUT2D eigenvalue weighted by Crippen LogP contribution is -2.10. The van der Waals surface area contributed by atoms with E-state index < -0.39 is 5.91 Å². The first-order valence-corrected chi connectivity index (χ1v) is 7.04. The van der Waals surface area contributed by atoms with E-state index in [4.69, 9.17) is 5.73 Å². The molecule has 0 aliphatic carbocycles. The standard InChI is InChI=1S/C14H13N3O2S/c15-13(19)14-17-9(7-20-14)2-1-8-6-16-12-4-3-10(18)5-11(8)12/h3-7,16,18H,1-2H2,(H2,15,19). The second kappa shape index (κ2) is 4.97. The number of carbonyl (C=O) groups excluding carboxylic acids is 1. The lowest BCUT2D eigenvalue weighted by Gasteiger charge is -1.98. The minimum Gasteiger partial charge on any atom is -0.508 e. The highest BCUT2D eigenvalue weighted by molar-refractivity contribution is 7.11. The zero-order chi connectivity index (χ0) is 14.1. The molecule has 102 valence electrons. The lowest BCUT2D eigenvalue weighted by atomic mass is 10.1. The predicted molar refractivity (Wildman–Crippen MR) is 78.0 cm³/mol. The molecule has 5 nitrogen and oxygen atoms in total. The van der Waals surface area contributed by atoms with Crippen LogP contribution in [0.15, 0.2) is 29.8 Å². The lowest BCUT2D eigenvalue weighted by molar-refractivity contribution is 0.0999. The molecular weight excluding hydrogens is 274 g/mol. The number of aromatic amines is 1. The highest BCUT2D eigenvalue weighted by Gasteiger charge is 2.09. The van der Waals surface area contributed by atoms with Gasteiger partial charge in [0.05, 0.1) is 5.69 Å². The number of primary amides is 1. The van der Waals surface area contributed by atoms with Crippen LogP contribution in [-0.4, -0.2) is 21.0 Å². The SMILES string of the molecule is NC(=O)c1nc(CCc2c[nH]c3ccc(O)cc23)cs1. The zero-order valence-corrected chi connectivity index (χ0v) is 11.4. The van der Waals surface area contributed by atoms with Crippen molar-refractivity contribution in [1.82, 2.24) is 9.97 Å². The summed E-state index contributed by atoms with van der Waals surface area (Å²) in [7, 11) is 0. The Labute approximate surface area is 119 Å². The number of benzene rings is 1. The number of phenolic OH excluding ortho intramolecular Hbond substituents is 1. The van der Waals surface area contributed by atoms with Gasteiger partial charge in [-0.2, -0.15) is 0 Å². The fourth-order valence-electron chi connectivity index (χ4n) is 2.17. The number of rotatable bonds is 4. The molecule has 0 spiro atoms. The summed E-state index contributed by atoms with van der Waals surface area (Å²) in [5, 5.41) is 12.8. The number of aromatic nitrogens is 2. The summed E-state index contributed by atoms with van der Waals surface area (Å²) in [4.78, 5) is 18.4. The van der Waals surface area contributed by atoms with Gasteiger partial charge in [0.1, 0.15) is 5.75 Å². The summed E-state index contributed by atoms with van der Waals surface area (Å²) in [5.41, 5.74) is 8.15. The van der Waals surface area contributed by atoms with Gasteiger partial charge in [0.2, 0.25) is 0 Å². The topological polar surface area (TPSA) is 92.0 Å². The van der Waals surface area contributed by atoms with Gasteiger partial charge >= 0.3 is 0 Å². The Bertz CT molecular complexity index is 776. The number of fused-ring (bicyclic) bond motifs is 1. The van der Waals surface area contributed by atoms with Gasteiger partial charge < -0.3 is 15.8 Å². The molecule has 0 aliphatic rings. The summed E-state index contributed by atoms with van der Waals surface area (Å²) in [6, 6.07) is 5.25. The molecule has 0 radical (unpaired) electrons. The van der Waals surface area contributed by atoms with Crippen LogP contribution < -0.4 is 5.73 Å². The average molecular weight is 287 g/mol. The number of nitrogens with zero attached hydrogens (tertiary/aromatic N) is 1. The number of carbonyl (C=O) groups is 1. The van der Waals surface area contributed by atoms with E-state index in [-0.39, 0.29) is 5.75 Å². The van der Waals surface area contributed by atoms with Gasteiger partial charge in [0.15, 0.2) is 5.01 Å². The van der Waals surface area contributed by atoms with E-state index in [0.29, 0.717) is 5.01 Å². The first-order valence-electron chi connectivity index (χ1n) is 6.16. The van der Waals surface area contributed by atoms with Crippen LogP contribution >= 0.6 is 11.3 Å². The third-order valence-corrected chi connectivity index (χ3v) is 4.07. The molecule has 0 saturated heterocycles. The molecule has 0 unspecified atom stereocenters. The number of aryl methyl sites for hydroxylation is 2. The molecule has 2 aromatic heterocycles. The van der Waals surface area contributed by atoms with Crippen LogP contribution in [-0.2, 0) is 12.8 Å². The summed E-state index contributed by atoms with van der Waals surface area (Å²) in [6.45, 7) is 0. The van der Waals surface area contributed by atoms with Gasteiger partial charge in [0, 0.05) is 22.5 Å². The molecule has 2 heterocycles. The number of thiazole rings is 1. The van der Waals surface area contributed by atoms with Crippen molar-refractivity contribution >= 4 is 28.1 Å². The Morgan fingerprint density at radius 2 is 2.25 bits per heavy atom. The normalized spacial score (nSPS) is 11.0. The Kier molecular flexibility index (Phi) is 3.15. The number of H-pyrrole nitrogens is 1. The van der Waals surface area contributed by atoms with E-state index >= 15 is 0 Å². The van der Waals surface area contributed by atoms with Gasteiger partial charge in [0.25, 0.3) is 5.91 Å². The maximum atomic E-state index is 11.0. The van der Waals surface area contributed by atoms with Crippen molar-refractivity contribution in [1.29, 1.82) is 0 Å². The first kappa shape index (κ1) is 12.7. The first-order chi connectivity index (χ1) is 9.63. The molecule has 1 amide bonds. The minimum atomic E-state index is -0.488. The zero-order valence-electron chi connectivity index (χ0n) is 10.6. The molecular formula is C14H13N3O2S. The van der Waals surface area contributed by atoms with Crippen LogP contribution in [0.25, 0.3) is 10.9 Å². The van der Waals surface area contributed by atoms with E-state index in [2.05, 4.69) is 9.97 Å². The average Bonchev–Trinajstić information content (AvgIpc) is 3.02. The fourth-order valence-corrected chi connectivity index (χ4v) is 2.88. The van der Waals surface area contributed by atoms with Crippen molar-refractivity contribution in [2.75, 3.05) is 0 Å². The number of nitrogens with two attached hydrogens (primary N) is 1. The third kappa shape index (κ3) is 2.37. The number of hydrogen-bond acceptors (Lipinski definition) is 4. The number of nitrogens with one attached hydrogen (secondary N) is 1. The smallest absolute Gasteiger partial charge is 0.277 e. The second-order valence-corrected chi connectivity index (χ2v) is 5.41. The highest BCUT2D eigenvalue weighted by Crippen LogP contribution is 2.24. The molecule has 4 N–H and O–H groups in total. The van der Waals surface area contributed by atoms with E-state index in [1.54, 1.807) is 12.1 Å². The molecule has 0 atom stereocenters. The van der Waals surface area contributed by atoms with Crippen LogP contribution in [0.3, 0.4) is 0 Å². The minimum absolute atomic E-state index is 0.253. The summed E-state index contributed by atoms with van der Waals surface area (Å²) < 4.78 is 0.